The minimum Gasteiger partial charge on any atom is -0.465 e. The van der Waals surface area contributed by atoms with Gasteiger partial charge in [-0.25, -0.2) is 47.8 Å². The van der Waals surface area contributed by atoms with Gasteiger partial charge in [0.25, 0.3) is 11.8 Å². The number of carbonyl (C=O) groups is 2. The molecule has 3 aliphatic heterocycles. The van der Waals surface area contributed by atoms with E-state index in [1.807, 2.05) is 0 Å². The number of hydrogen-bond donors (Lipinski definition) is 4. The van der Waals surface area contributed by atoms with Crippen molar-refractivity contribution in [3.8, 4) is 0 Å². The molecule has 61 heavy (non-hydrogen) atoms. The van der Waals surface area contributed by atoms with Crippen molar-refractivity contribution in [2.75, 3.05) is 17.2 Å². The minimum absolute atomic E-state index is 0.0154. The van der Waals surface area contributed by atoms with Gasteiger partial charge in [-0.1, -0.05) is 48.6 Å². The number of thiol groups is 2. The van der Waals surface area contributed by atoms with Crippen molar-refractivity contribution in [1.29, 1.82) is 0 Å². The molecule has 0 unspecified atom stereocenters. The van der Waals surface area contributed by atoms with Crippen molar-refractivity contribution >= 4 is 83.9 Å². The largest absolute Gasteiger partial charge is 0.465 e. The molecule has 2 N–H and O–H groups in total. The maximum Gasteiger partial charge on any atom is 0.437 e. The van der Waals surface area contributed by atoms with Gasteiger partial charge in [0.2, 0.25) is 6.23 Å². The van der Waals surface area contributed by atoms with Gasteiger partial charge in [-0.2, -0.15) is 0 Å². The first-order valence-corrected chi connectivity index (χ1v) is 23.4. The Hall–Kier alpha value is -5.32. The molecule has 0 radical (unpaired) electrons. The first-order valence-electron chi connectivity index (χ1n) is 18.0. The molecular formula is C35H30F2N10O10P2S2. The van der Waals surface area contributed by atoms with Crippen LogP contribution in [0.15, 0.2) is 97.5 Å². The number of halogens is 2. The molecule has 9 rings (SSSR count). The van der Waals surface area contributed by atoms with E-state index >= 15 is 8.78 Å². The Bertz CT molecular complexity index is 2810. The third kappa shape index (κ3) is 8.01. The third-order valence-electron chi connectivity index (χ3n) is 9.64. The van der Waals surface area contributed by atoms with Crippen molar-refractivity contribution in [1.82, 2.24) is 39.0 Å². The van der Waals surface area contributed by atoms with Crippen molar-refractivity contribution in [3.05, 3.63) is 109 Å². The zero-order valence-electron chi connectivity index (χ0n) is 31.0. The Morgan fingerprint density at radius 2 is 1.28 bits per heavy atom. The summed E-state index contributed by atoms with van der Waals surface area (Å²) < 4.78 is 97.5. The number of rotatable bonds is 6. The molecule has 26 heteroatoms. The van der Waals surface area contributed by atoms with Crippen molar-refractivity contribution in [2.45, 2.75) is 50.0 Å². The minimum atomic E-state index is -4.64. The molecule has 9 atom stereocenters. The summed E-state index contributed by atoms with van der Waals surface area (Å²) in [6.45, 7) is -8.74. The predicted molar refractivity (Wildman–Crippen MR) is 216 cm³/mol. The highest BCUT2D eigenvalue weighted by Crippen LogP contribution is 2.62. The number of alkyl halides is 2. The van der Waals surface area contributed by atoms with Gasteiger partial charge in [0.15, 0.2) is 64.4 Å². The maximum absolute atomic E-state index is 16.6. The van der Waals surface area contributed by atoms with Gasteiger partial charge in [-0.05, 0) is 43.4 Å². The number of imidazole rings is 2. The maximum atomic E-state index is 16.6. The van der Waals surface area contributed by atoms with Crippen molar-refractivity contribution in [3.63, 3.8) is 0 Å². The van der Waals surface area contributed by atoms with E-state index in [4.69, 9.17) is 27.6 Å². The van der Waals surface area contributed by atoms with E-state index in [1.54, 1.807) is 60.7 Å². The van der Waals surface area contributed by atoms with E-state index in [2.05, 4.69) is 65.0 Å². The average molecular weight is 915 g/mol. The van der Waals surface area contributed by atoms with Gasteiger partial charge in [0.1, 0.15) is 36.9 Å². The molecule has 2 aromatic carbocycles. The number of amides is 2. The Morgan fingerprint density at radius 1 is 0.738 bits per heavy atom. The average Bonchev–Trinajstić information content (AvgIpc) is 4.02. The number of hydrogen-bond acceptors (Lipinski definition) is 16. The summed E-state index contributed by atoms with van der Waals surface area (Å²) >= 11 is 8.16. The smallest absolute Gasteiger partial charge is 0.437 e. The lowest BCUT2D eigenvalue weighted by Gasteiger charge is -2.26. The zero-order valence-corrected chi connectivity index (χ0v) is 34.6. The number of carbonyl (C=O) groups excluding carboxylic acids is 2. The highest BCUT2D eigenvalue weighted by molar-refractivity contribution is 8.44. The molecular weight excluding hydrogens is 885 g/mol. The van der Waals surface area contributed by atoms with Crippen LogP contribution in [0.3, 0.4) is 0 Å². The summed E-state index contributed by atoms with van der Waals surface area (Å²) in [6.07, 6.45) is -8.05. The molecule has 0 saturated carbocycles. The Kier molecular flexibility index (Phi) is 10.9. The number of nitrogens with zero attached hydrogens (tertiary/aromatic N) is 8. The van der Waals surface area contributed by atoms with E-state index in [0.717, 1.165) is 12.7 Å². The first kappa shape index (κ1) is 41.1. The normalized spacial score (nSPS) is 30.3. The van der Waals surface area contributed by atoms with E-state index in [9.17, 15) is 18.7 Å². The fraction of sp³-hybridized carbons (Fsp3) is 0.257. The Labute approximate surface area is 352 Å². The van der Waals surface area contributed by atoms with Crippen LogP contribution >= 0.6 is 38.1 Å². The first-order chi connectivity index (χ1) is 29.3. The molecule has 4 aromatic heterocycles. The second-order valence-corrected chi connectivity index (χ2v) is 19.2. The number of anilines is 2. The number of fused-ring (bicyclic) bond motifs is 4. The zero-order chi connectivity index (χ0) is 42.6. The van der Waals surface area contributed by atoms with Gasteiger partial charge in [-0.3, -0.25) is 32.3 Å². The molecule has 6 aromatic rings. The van der Waals surface area contributed by atoms with Crippen LogP contribution in [0.5, 0.6) is 0 Å². The number of benzene rings is 2. The molecule has 2 fully saturated rings. The number of nitrogens with one attached hydrogen (secondary N) is 2. The number of allylic oxidation sites excluding steroid dienone is 1. The van der Waals surface area contributed by atoms with Crippen molar-refractivity contribution in [2.24, 2.45) is 0 Å². The fourth-order valence-electron chi connectivity index (χ4n) is 6.87. The fourth-order valence-corrected chi connectivity index (χ4v) is 10.00. The highest BCUT2D eigenvalue weighted by atomic mass is 32.7. The van der Waals surface area contributed by atoms with Crippen LogP contribution in [0.4, 0.5) is 20.4 Å². The van der Waals surface area contributed by atoms with E-state index in [1.165, 1.54) is 28.7 Å². The lowest BCUT2D eigenvalue weighted by atomic mass is 10.1. The molecule has 0 aliphatic carbocycles. The third-order valence-corrected chi connectivity index (χ3v) is 12.8. The molecule has 316 valence electrons. The second-order valence-electron chi connectivity index (χ2n) is 13.5. The summed E-state index contributed by atoms with van der Waals surface area (Å²) in [5.74, 6) is -1.79. The van der Waals surface area contributed by atoms with Crippen LogP contribution in [-0.4, -0.2) is 88.1 Å². The van der Waals surface area contributed by atoms with Crippen LogP contribution < -0.4 is 10.6 Å². The van der Waals surface area contributed by atoms with Gasteiger partial charge >= 0.3 is 13.6 Å². The summed E-state index contributed by atoms with van der Waals surface area (Å²) in [5.41, 5.74) is 0.909. The predicted octanol–water partition coefficient (Wildman–Crippen LogP) is 6.40. The SMILES string of the molecule is C/C1=C2/O[C@@H](n3cnc4c(NC(=O)c5ccccc5)ncnc43)[C@H](F)[C@@H]2O[P@](=O)(S)OC[C@H]2O[C@@H](n3cnc4c(NC(=O)c5ccccc5)ncnc43)[C@H](F)[C@@H]2O[P@](=O)(S)O1. The molecule has 7 heterocycles. The van der Waals surface area contributed by atoms with Gasteiger partial charge in [-0.15, -0.1) is 0 Å². The summed E-state index contributed by atoms with van der Waals surface area (Å²) in [7, 11) is 0. The van der Waals surface area contributed by atoms with Crippen LogP contribution in [0.2, 0.25) is 0 Å². The van der Waals surface area contributed by atoms with Gasteiger partial charge in [0, 0.05) is 11.1 Å². The standard InChI is InChI=1S/C35H30F2N10O10P2S2/c1-17-25-27(22(37)35(54-25)47-16-43-24-29(39-14-41-31(24)47)45-33(49)19-10-6-3-7-11-19)57-58(50,60)52-12-20-26(56-59(51,61)55-17)21(36)34(53-20)46-15-42-23-28(38-13-40-30(23)46)44-32(48)18-8-4-2-5-9-18/h2-11,13-16,20-22,26-27,34-35H,12H2,1H3,(H,50,60)(H,51,61)(H,38,40,44,48)(H,39,41,45,49)/b25-17-/t20-,21-,22-,26-,27+,34-,35-,58-,59-/m1/s1. The molecule has 0 spiro atoms. The van der Waals surface area contributed by atoms with Gasteiger partial charge < -0.3 is 24.6 Å². The molecule has 3 aliphatic rings. The molecule has 2 saturated heterocycles. The van der Waals surface area contributed by atoms with E-state index in [0.29, 0.717) is 11.1 Å². The molecule has 20 nitrogen and oxygen atoms in total. The number of ether oxygens (including phenoxy) is 2. The lowest BCUT2D eigenvalue weighted by Crippen LogP contribution is -2.34. The molecule has 2 amide bonds. The van der Waals surface area contributed by atoms with Crippen LogP contribution in [0.1, 0.15) is 40.1 Å². The lowest BCUT2D eigenvalue weighted by molar-refractivity contribution is -0.0419. The molecule has 0 bridgehead atoms. The topological polar surface area (TPSA) is 235 Å². The van der Waals surface area contributed by atoms with Crippen LogP contribution in [0.25, 0.3) is 22.3 Å². The quantitative estimate of drug-likeness (QED) is 0.105. The summed E-state index contributed by atoms with van der Waals surface area (Å²) in [5, 5.41) is 5.31. The second kappa shape index (κ2) is 16.2. The van der Waals surface area contributed by atoms with Gasteiger partial charge in [0.05, 0.1) is 12.9 Å². The van der Waals surface area contributed by atoms with Crippen molar-refractivity contribution < 1.29 is 55.1 Å². The number of aromatic nitrogens is 8. The highest BCUT2D eigenvalue weighted by Gasteiger charge is 2.54. The van der Waals surface area contributed by atoms with E-state index in [-0.39, 0.29) is 34.0 Å². The Balaban J connectivity index is 0.976. The Morgan fingerprint density at radius 3 is 1.84 bits per heavy atom. The van der Waals surface area contributed by atoms with Crippen LogP contribution in [0, 0.1) is 0 Å². The van der Waals surface area contributed by atoms with Crippen LogP contribution in [-0.2, 0) is 36.7 Å². The summed E-state index contributed by atoms with van der Waals surface area (Å²) in [4.78, 5) is 50.9. The van der Waals surface area contributed by atoms with E-state index < -0.39 is 86.6 Å². The monoisotopic (exact) mass is 914 g/mol. The summed E-state index contributed by atoms with van der Waals surface area (Å²) in [6, 6.07) is 16.7.